The summed E-state index contributed by atoms with van der Waals surface area (Å²) in [7, 11) is 0. The Kier molecular flexibility index (Phi) is 5.27. The molecule has 1 N–H and O–H groups in total. The van der Waals surface area contributed by atoms with Crippen molar-refractivity contribution in [2.45, 2.75) is 38.0 Å². The first-order valence-electron chi connectivity index (χ1n) is 10.6. The molecule has 0 bridgehead atoms. The highest BCUT2D eigenvalue weighted by Crippen LogP contribution is 2.40. The highest BCUT2D eigenvalue weighted by Gasteiger charge is 2.42. The molecule has 154 valence electrons. The van der Waals surface area contributed by atoms with Gasteiger partial charge in [-0.25, -0.2) is 0 Å². The maximum absolute atomic E-state index is 5.96. The van der Waals surface area contributed by atoms with Gasteiger partial charge in [-0.15, -0.1) is 0 Å². The lowest BCUT2D eigenvalue weighted by Crippen LogP contribution is -2.36. The fourth-order valence-corrected chi connectivity index (χ4v) is 4.97. The number of aryl methyl sites for hydroxylation is 1. The summed E-state index contributed by atoms with van der Waals surface area (Å²) in [5.74, 6) is 0. The molecule has 0 amide bonds. The molecule has 3 atom stereocenters. The van der Waals surface area contributed by atoms with Crippen molar-refractivity contribution in [1.29, 1.82) is 0 Å². The zero-order valence-electron chi connectivity index (χ0n) is 17.1. The van der Waals surface area contributed by atoms with Crippen LogP contribution in [0.4, 0.5) is 0 Å². The number of hydrogen-bond donors (Lipinski definition) is 1. The number of nitrogens with zero attached hydrogens (tertiary/aromatic N) is 3. The topological polar surface area (TPSA) is 42.3 Å². The average Bonchev–Trinajstić information content (AvgIpc) is 3.50. The SMILES string of the molecule is Cc1ccc([C@H]2[C@H](c3ccccn3)NC(=S)N2C[C@@H]2CCCO2)n1-c1ccccc1. The van der Waals surface area contributed by atoms with E-state index >= 15 is 0 Å². The van der Waals surface area contributed by atoms with Crippen LogP contribution in [0.1, 0.15) is 42.0 Å². The highest BCUT2D eigenvalue weighted by atomic mass is 32.1. The van der Waals surface area contributed by atoms with Crippen molar-refractivity contribution in [1.82, 2.24) is 19.8 Å². The Morgan fingerprint density at radius 1 is 1.10 bits per heavy atom. The van der Waals surface area contributed by atoms with E-state index in [1.54, 1.807) is 0 Å². The van der Waals surface area contributed by atoms with Gasteiger partial charge in [-0.2, -0.15) is 0 Å². The van der Waals surface area contributed by atoms with E-state index in [0.717, 1.165) is 42.5 Å². The van der Waals surface area contributed by atoms with Gasteiger partial charge < -0.3 is 19.5 Å². The van der Waals surface area contributed by atoms with Crippen LogP contribution >= 0.6 is 12.2 Å². The molecule has 30 heavy (non-hydrogen) atoms. The van der Waals surface area contributed by atoms with Crippen LogP contribution in [0.25, 0.3) is 5.69 Å². The van der Waals surface area contributed by atoms with Crippen molar-refractivity contribution >= 4 is 17.3 Å². The van der Waals surface area contributed by atoms with E-state index in [1.165, 1.54) is 11.4 Å². The summed E-state index contributed by atoms with van der Waals surface area (Å²) in [6.07, 6.45) is 4.27. The number of rotatable bonds is 5. The summed E-state index contributed by atoms with van der Waals surface area (Å²) < 4.78 is 8.29. The monoisotopic (exact) mass is 418 g/mol. The summed E-state index contributed by atoms with van der Waals surface area (Å²) >= 11 is 5.82. The molecule has 0 unspecified atom stereocenters. The van der Waals surface area contributed by atoms with Crippen LogP contribution < -0.4 is 5.32 Å². The molecule has 1 aromatic carbocycles. The second kappa shape index (κ2) is 8.20. The highest BCUT2D eigenvalue weighted by molar-refractivity contribution is 7.80. The maximum Gasteiger partial charge on any atom is 0.170 e. The van der Waals surface area contributed by atoms with Crippen molar-refractivity contribution in [2.24, 2.45) is 0 Å². The van der Waals surface area contributed by atoms with Crippen LogP contribution in [0.5, 0.6) is 0 Å². The molecular formula is C24H26N4OS. The predicted molar refractivity (Wildman–Crippen MR) is 122 cm³/mol. The molecular weight excluding hydrogens is 392 g/mol. The molecule has 6 heteroatoms. The number of thiocarbonyl (C=S) groups is 1. The minimum atomic E-state index is -0.0168. The number of pyridine rings is 1. The van der Waals surface area contributed by atoms with Gasteiger partial charge in [-0.1, -0.05) is 24.3 Å². The standard InChI is InChI=1S/C24H26N4OS/c1-17-12-13-21(28(17)18-8-3-2-4-9-18)23-22(20-11-5-6-14-25-20)26-24(30)27(23)16-19-10-7-15-29-19/h2-6,8-9,11-14,19,22-23H,7,10,15-16H2,1H3,(H,26,30)/t19-,22-,23-/m0/s1. The first-order valence-corrected chi connectivity index (χ1v) is 11.0. The van der Waals surface area contributed by atoms with Gasteiger partial charge in [0, 0.05) is 36.4 Å². The number of ether oxygens (including phenoxy) is 1. The molecule has 3 aromatic rings. The number of aromatic nitrogens is 2. The Bertz CT molecular complexity index is 1010. The van der Waals surface area contributed by atoms with Gasteiger partial charge in [0.25, 0.3) is 0 Å². The van der Waals surface area contributed by atoms with Crippen molar-refractivity contribution < 1.29 is 4.74 Å². The Labute approximate surface area is 182 Å². The van der Waals surface area contributed by atoms with Gasteiger partial charge in [0.15, 0.2) is 5.11 Å². The van der Waals surface area contributed by atoms with Gasteiger partial charge in [-0.05, 0) is 68.4 Å². The molecule has 4 heterocycles. The van der Waals surface area contributed by atoms with Crippen molar-refractivity contribution in [3.8, 4) is 5.69 Å². The lowest BCUT2D eigenvalue weighted by molar-refractivity contribution is 0.0836. The van der Waals surface area contributed by atoms with Gasteiger partial charge >= 0.3 is 0 Å². The third-order valence-electron chi connectivity index (χ3n) is 6.05. The van der Waals surface area contributed by atoms with E-state index in [4.69, 9.17) is 17.0 Å². The Hall–Kier alpha value is -2.70. The van der Waals surface area contributed by atoms with Gasteiger partial charge in [-0.3, -0.25) is 4.98 Å². The Balaban J connectivity index is 1.60. The van der Waals surface area contributed by atoms with Crippen LogP contribution in [0.2, 0.25) is 0 Å². The molecule has 5 rings (SSSR count). The summed E-state index contributed by atoms with van der Waals surface area (Å²) in [5.41, 5.74) is 4.56. The molecule has 2 saturated heterocycles. The fourth-order valence-electron chi connectivity index (χ4n) is 4.65. The Morgan fingerprint density at radius 2 is 1.93 bits per heavy atom. The van der Waals surface area contributed by atoms with E-state index in [0.29, 0.717) is 0 Å². The minimum Gasteiger partial charge on any atom is -0.376 e. The number of para-hydroxylation sites is 1. The molecule has 0 radical (unpaired) electrons. The van der Waals surface area contributed by atoms with E-state index in [9.17, 15) is 0 Å². The lowest BCUT2D eigenvalue weighted by atomic mass is 10.0. The molecule has 2 aliphatic rings. The molecule has 2 aliphatic heterocycles. The van der Waals surface area contributed by atoms with Crippen molar-refractivity contribution in [3.63, 3.8) is 0 Å². The molecule has 2 aromatic heterocycles. The van der Waals surface area contributed by atoms with E-state index in [1.807, 2.05) is 18.3 Å². The van der Waals surface area contributed by atoms with Crippen LogP contribution in [0, 0.1) is 6.92 Å². The molecule has 0 saturated carbocycles. The van der Waals surface area contributed by atoms with Crippen LogP contribution in [-0.2, 0) is 4.74 Å². The van der Waals surface area contributed by atoms with E-state index < -0.39 is 0 Å². The summed E-state index contributed by atoms with van der Waals surface area (Å²) in [6.45, 7) is 3.78. The molecule has 0 aliphatic carbocycles. The van der Waals surface area contributed by atoms with Gasteiger partial charge in [0.05, 0.1) is 23.9 Å². The fraction of sp³-hybridized carbons (Fsp3) is 0.333. The largest absolute Gasteiger partial charge is 0.376 e. The minimum absolute atomic E-state index is 0.0168. The summed E-state index contributed by atoms with van der Waals surface area (Å²) in [6, 6.07) is 21.0. The van der Waals surface area contributed by atoms with Crippen LogP contribution in [0.15, 0.2) is 66.9 Å². The third kappa shape index (κ3) is 3.50. The maximum atomic E-state index is 5.96. The van der Waals surface area contributed by atoms with E-state index in [2.05, 4.69) is 75.2 Å². The van der Waals surface area contributed by atoms with Gasteiger partial charge in [0.2, 0.25) is 0 Å². The van der Waals surface area contributed by atoms with Gasteiger partial charge in [0.1, 0.15) is 0 Å². The lowest BCUT2D eigenvalue weighted by Gasteiger charge is -2.30. The second-order valence-corrected chi connectivity index (χ2v) is 8.37. The third-order valence-corrected chi connectivity index (χ3v) is 6.40. The smallest absolute Gasteiger partial charge is 0.170 e. The zero-order valence-corrected chi connectivity index (χ0v) is 17.9. The first-order chi connectivity index (χ1) is 14.7. The summed E-state index contributed by atoms with van der Waals surface area (Å²) in [4.78, 5) is 6.96. The predicted octanol–water partition coefficient (Wildman–Crippen LogP) is 4.33. The number of benzene rings is 1. The average molecular weight is 419 g/mol. The van der Waals surface area contributed by atoms with Crippen molar-refractivity contribution in [2.75, 3.05) is 13.2 Å². The molecule has 0 spiro atoms. The number of nitrogens with one attached hydrogen (secondary N) is 1. The molecule has 5 nitrogen and oxygen atoms in total. The van der Waals surface area contributed by atoms with Crippen molar-refractivity contribution in [3.05, 3.63) is 83.9 Å². The quantitative estimate of drug-likeness (QED) is 0.625. The first kappa shape index (κ1) is 19.3. The Morgan fingerprint density at radius 3 is 2.67 bits per heavy atom. The van der Waals surface area contributed by atoms with Crippen LogP contribution in [-0.4, -0.2) is 38.8 Å². The summed E-state index contributed by atoms with van der Waals surface area (Å²) in [5, 5.41) is 4.32. The molecule has 2 fully saturated rings. The number of hydrogen-bond acceptors (Lipinski definition) is 3. The second-order valence-electron chi connectivity index (χ2n) is 7.98. The zero-order chi connectivity index (χ0) is 20.5. The normalized spacial score (nSPS) is 23.7. The van der Waals surface area contributed by atoms with E-state index in [-0.39, 0.29) is 18.2 Å². The van der Waals surface area contributed by atoms with Crippen LogP contribution in [0.3, 0.4) is 0 Å².